The van der Waals surface area contributed by atoms with Crippen LogP contribution in [0.4, 0.5) is 4.39 Å². The fourth-order valence-corrected chi connectivity index (χ4v) is 1.75. The molecule has 0 aliphatic rings. The zero-order valence-electron chi connectivity index (χ0n) is 10.1. The van der Waals surface area contributed by atoms with E-state index in [0.717, 1.165) is 6.07 Å². The smallest absolute Gasteiger partial charge is 0.259 e. The third-order valence-corrected chi connectivity index (χ3v) is 2.70. The molecule has 2 amide bonds. The summed E-state index contributed by atoms with van der Waals surface area (Å²) in [6.07, 6.45) is 0. The number of nitrogens with two attached hydrogens (primary N) is 1. The van der Waals surface area contributed by atoms with Crippen LogP contribution < -0.4 is 5.73 Å². The van der Waals surface area contributed by atoms with Gasteiger partial charge in [-0.15, -0.1) is 0 Å². The van der Waals surface area contributed by atoms with Gasteiger partial charge in [-0.25, -0.2) is 4.39 Å². The second-order valence-electron chi connectivity index (χ2n) is 4.09. The first-order valence-corrected chi connectivity index (χ1v) is 5.75. The Morgan fingerprint density at radius 2 is 2.06 bits per heavy atom. The molecule has 98 valence electrons. The minimum absolute atomic E-state index is 0.00937. The minimum atomic E-state index is -0.720. The fourth-order valence-electron chi connectivity index (χ4n) is 1.50. The molecule has 18 heavy (non-hydrogen) atoms. The minimum Gasteiger partial charge on any atom is -0.368 e. The van der Waals surface area contributed by atoms with Crippen LogP contribution in [0.3, 0.4) is 0 Å². The van der Waals surface area contributed by atoms with Crippen molar-refractivity contribution >= 4 is 23.4 Å². The van der Waals surface area contributed by atoms with Crippen molar-refractivity contribution in [2.45, 2.75) is 19.9 Å². The van der Waals surface area contributed by atoms with Gasteiger partial charge in [0.2, 0.25) is 5.91 Å². The molecule has 0 aliphatic heterocycles. The Bertz CT molecular complexity index is 457. The van der Waals surface area contributed by atoms with Crippen LogP contribution in [0.15, 0.2) is 18.2 Å². The maximum absolute atomic E-state index is 13.6. The van der Waals surface area contributed by atoms with Gasteiger partial charge in [-0.2, -0.15) is 0 Å². The summed E-state index contributed by atoms with van der Waals surface area (Å²) in [5.41, 5.74) is 4.82. The quantitative estimate of drug-likeness (QED) is 0.909. The van der Waals surface area contributed by atoms with Crippen LogP contribution in [0.5, 0.6) is 0 Å². The highest BCUT2D eigenvalue weighted by molar-refractivity contribution is 6.33. The predicted molar refractivity (Wildman–Crippen MR) is 66.8 cm³/mol. The van der Waals surface area contributed by atoms with Crippen molar-refractivity contribution in [3.8, 4) is 0 Å². The summed E-state index contributed by atoms with van der Waals surface area (Å²) in [6.45, 7) is 3.13. The Morgan fingerprint density at radius 1 is 1.44 bits per heavy atom. The van der Waals surface area contributed by atoms with Gasteiger partial charge in [-0.3, -0.25) is 9.59 Å². The predicted octanol–water partition coefficient (Wildman–Crippen LogP) is 1.81. The first-order chi connectivity index (χ1) is 8.34. The molecule has 0 bridgehead atoms. The summed E-state index contributed by atoms with van der Waals surface area (Å²) in [4.78, 5) is 24.3. The standard InChI is InChI=1S/C12H14ClFN2O2/c1-7(2)16(6-10(15)17)12(18)11-8(13)4-3-5-9(11)14/h3-5,7H,6H2,1-2H3,(H2,15,17). The first-order valence-electron chi connectivity index (χ1n) is 5.38. The van der Waals surface area contributed by atoms with Gasteiger partial charge in [0.1, 0.15) is 5.82 Å². The summed E-state index contributed by atoms with van der Waals surface area (Å²) in [5, 5.41) is 0.00937. The van der Waals surface area contributed by atoms with Crippen molar-refractivity contribution in [1.82, 2.24) is 4.90 Å². The Morgan fingerprint density at radius 3 is 2.50 bits per heavy atom. The molecule has 0 heterocycles. The molecule has 0 unspecified atom stereocenters. The molecular formula is C12H14ClFN2O2. The topological polar surface area (TPSA) is 63.4 Å². The van der Waals surface area contributed by atoms with Crippen LogP contribution >= 0.6 is 11.6 Å². The summed E-state index contributed by atoms with van der Waals surface area (Å²) in [6, 6.07) is 3.67. The molecule has 2 N–H and O–H groups in total. The zero-order valence-corrected chi connectivity index (χ0v) is 10.9. The Kier molecular flexibility index (Phi) is 4.67. The largest absolute Gasteiger partial charge is 0.368 e. The van der Waals surface area contributed by atoms with Crippen molar-refractivity contribution in [3.05, 3.63) is 34.6 Å². The molecule has 0 saturated heterocycles. The number of carbonyl (C=O) groups excluding carboxylic acids is 2. The summed E-state index contributed by atoms with van der Waals surface area (Å²) >= 11 is 5.81. The van der Waals surface area contributed by atoms with Crippen LogP contribution in [0.2, 0.25) is 5.02 Å². The molecule has 0 spiro atoms. The molecule has 1 aromatic rings. The highest BCUT2D eigenvalue weighted by Crippen LogP contribution is 2.21. The van der Waals surface area contributed by atoms with E-state index in [2.05, 4.69) is 0 Å². The van der Waals surface area contributed by atoms with Crippen molar-refractivity contribution in [3.63, 3.8) is 0 Å². The zero-order chi connectivity index (χ0) is 13.9. The van der Waals surface area contributed by atoms with Crippen molar-refractivity contribution in [2.24, 2.45) is 5.73 Å². The SMILES string of the molecule is CC(C)N(CC(N)=O)C(=O)c1c(F)cccc1Cl. The second-order valence-corrected chi connectivity index (χ2v) is 4.50. The van der Waals surface area contributed by atoms with E-state index in [1.807, 2.05) is 0 Å². The number of hydrogen-bond acceptors (Lipinski definition) is 2. The van der Waals surface area contributed by atoms with Gasteiger partial charge < -0.3 is 10.6 Å². The number of benzene rings is 1. The van der Waals surface area contributed by atoms with Crippen LogP contribution in [0.25, 0.3) is 0 Å². The molecule has 0 saturated carbocycles. The van der Waals surface area contributed by atoms with Gasteiger partial charge >= 0.3 is 0 Å². The Labute approximate surface area is 110 Å². The maximum atomic E-state index is 13.6. The van der Waals surface area contributed by atoms with Gasteiger partial charge in [0.25, 0.3) is 5.91 Å². The Balaban J connectivity index is 3.14. The summed E-state index contributed by atoms with van der Waals surface area (Å²) in [5.74, 6) is -2.03. The number of carbonyl (C=O) groups is 2. The maximum Gasteiger partial charge on any atom is 0.259 e. The first kappa shape index (κ1) is 14.4. The number of halogens is 2. The van der Waals surface area contributed by atoms with Crippen molar-refractivity contribution in [1.29, 1.82) is 0 Å². The summed E-state index contributed by atoms with van der Waals surface area (Å²) in [7, 11) is 0. The molecular weight excluding hydrogens is 259 g/mol. The normalized spacial score (nSPS) is 10.5. The van der Waals surface area contributed by atoms with Gasteiger partial charge in [-0.05, 0) is 26.0 Å². The van der Waals surface area contributed by atoms with E-state index >= 15 is 0 Å². The molecule has 6 heteroatoms. The molecule has 0 fully saturated rings. The lowest BCUT2D eigenvalue weighted by Gasteiger charge is -2.25. The number of rotatable bonds is 4. The second kappa shape index (κ2) is 5.82. The van der Waals surface area contributed by atoms with E-state index in [4.69, 9.17) is 17.3 Å². The third-order valence-electron chi connectivity index (χ3n) is 2.39. The van der Waals surface area contributed by atoms with Crippen LogP contribution in [-0.4, -0.2) is 29.3 Å². The van der Waals surface area contributed by atoms with Crippen molar-refractivity contribution in [2.75, 3.05) is 6.54 Å². The van der Waals surface area contributed by atoms with E-state index < -0.39 is 17.6 Å². The van der Waals surface area contributed by atoms with Crippen molar-refractivity contribution < 1.29 is 14.0 Å². The van der Waals surface area contributed by atoms with Crippen LogP contribution in [0.1, 0.15) is 24.2 Å². The lowest BCUT2D eigenvalue weighted by atomic mass is 10.1. The van der Waals surface area contributed by atoms with Gasteiger partial charge in [0, 0.05) is 6.04 Å². The van der Waals surface area contributed by atoms with E-state index in [-0.39, 0.29) is 23.2 Å². The molecule has 1 aromatic carbocycles. The average Bonchev–Trinajstić information content (AvgIpc) is 2.24. The summed E-state index contributed by atoms with van der Waals surface area (Å²) < 4.78 is 13.6. The van der Waals surface area contributed by atoms with Gasteiger partial charge in [-0.1, -0.05) is 17.7 Å². The molecule has 0 radical (unpaired) electrons. The van der Waals surface area contributed by atoms with Gasteiger partial charge in [0.05, 0.1) is 17.1 Å². The molecule has 4 nitrogen and oxygen atoms in total. The lowest BCUT2D eigenvalue weighted by Crippen LogP contribution is -2.43. The molecule has 0 aliphatic carbocycles. The average molecular weight is 273 g/mol. The number of nitrogens with zero attached hydrogens (tertiary/aromatic N) is 1. The van der Waals surface area contributed by atoms with Crippen LogP contribution in [-0.2, 0) is 4.79 Å². The highest BCUT2D eigenvalue weighted by Gasteiger charge is 2.25. The fraction of sp³-hybridized carbons (Fsp3) is 0.333. The Hall–Kier alpha value is -1.62. The van der Waals surface area contributed by atoms with Crippen LogP contribution in [0, 0.1) is 5.82 Å². The lowest BCUT2D eigenvalue weighted by molar-refractivity contribution is -0.119. The number of primary amides is 1. The van der Waals surface area contributed by atoms with E-state index in [1.165, 1.54) is 17.0 Å². The highest BCUT2D eigenvalue weighted by atomic mass is 35.5. The van der Waals surface area contributed by atoms with E-state index in [1.54, 1.807) is 13.8 Å². The third kappa shape index (κ3) is 3.20. The van der Waals surface area contributed by atoms with E-state index in [0.29, 0.717) is 0 Å². The number of hydrogen-bond donors (Lipinski definition) is 1. The van der Waals surface area contributed by atoms with Gasteiger partial charge in [0.15, 0.2) is 0 Å². The molecule has 0 aromatic heterocycles. The van der Waals surface area contributed by atoms with E-state index in [9.17, 15) is 14.0 Å². The number of amides is 2. The molecule has 0 atom stereocenters. The molecule has 1 rings (SSSR count). The monoisotopic (exact) mass is 272 g/mol.